The van der Waals surface area contributed by atoms with Gasteiger partial charge in [0, 0.05) is 11.4 Å². The van der Waals surface area contributed by atoms with Crippen LogP contribution in [0, 0.1) is 0 Å². The van der Waals surface area contributed by atoms with Crippen molar-refractivity contribution in [3.8, 4) is 0 Å². The molecule has 0 aliphatic heterocycles. The lowest BCUT2D eigenvalue weighted by atomic mass is 10.5. The molecule has 0 aromatic rings. The molecule has 0 saturated heterocycles. The molecule has 2 nitrogen and oxygen atoms in total. The predicted molar refractivity (Wildman–Crippen MR) is 52.1 cm³/mol. The Bertz CT molecular complexity index is 106. The van der Waals surface area contributed by atoms with Crippen molar-refractivity contribution in [2.45, 2.75) is 27.7 Å². The Morgan fingerprint density at radius 2 is 0.900 bits per heavy atom. The van der Waals surface area contributed by atoms with Crippen molar-refractivity contribution in [3.05, 3.63) is 0 Å². The Balaban J connectivity index is -0.000000245. The molecule has 0 saturated carbocycles. The van der Waals surface area contributed by atoms with Crippen LogP contribution < -0.4 is 0 Å². The molecule has 0 unspecified atom stereocenters. The standard InChI is InChI=1S/C6H12N2.2ClH/c1-5(2)7-8-6(3)4;;/h1-4H3;2*1H. The van der Waals surface area contributed by atoms with Crippen molar-refractivity contribution in [3.63, 3.8) is 0 Å². The van der Waals surface area contributed by atoms with Crippen LogP contribution in [-0.2, 0) is 0 Å². The van der Waals surface area contributed by atoms with Crippen molar-refractivity contribution >= 4 is 36.2 Å². The van der Waals surface area contributed by atoms with Gasteiger partial charge in [-0.3, -0.25) is 0 Å². The Morgan fingerprint density at radius 1 is 0.700 bits per heavy atom. The minimum atomic E-state index is 0. The van der Waals surface area contributed by atoms with E-state index in [-0.39, 0.29) is 24.8 Å². The summed E-state index contributed by atoms with van der Waals surface area (Å²) in [6.45, 7) is 7.69. The van der Waals surface area contributed by atoms with Gasteiger partial charge in [0.25, 0.3) is 0 Å². The Hall–Kier alpha value is -0.0800. The fraction of sp³-hybridized carbons (Fsp3) is 0.667. The van der Waals surface area contributed by atoms with Crippen molar-refractivity contribution in [2.75, 3.05) is 0 Å². The van der Waals surface area contributed by atoms with Gasteiger partial charge in [0.1, 0.15) is 0 Å². The Morgan fingerprint density at radius 3 is 1.00 bits per heavy atom. The van der Waals surface area contributed by atoms with Gasteiger partial charge in [0.05, 0.1) is 0 Å². The quantitative estimate of drug-likeness (QED) is 0.443. The third-order valence-corrected chi connectivity index (χ3v) is 0.450. The van der Waals surface area contributed by atoms with E-state index in [4.69, 9.17) is 0 Å². The maximum Gasteiger partial charge on any atom is 0.0344 e. The van der Waals surface area contributed by atoms with E-state index in [2.05, 4.69) is 10.2 Å². The SMILES string of the molecule is CC(C)=NN=C(C)C.Cl.Cl. The first kappa shape index (κ1) is 16.5. The highest BCUT2D eigenvalue weighted by atomic mass is 35.5. The van der Waals surface area contributed by atoms with E-state index in [1.165, 1.54) is 0 Å². The first-order chi connectivity index (χ1) is 3.63. The predicted octanol–water partition coefficient (Wildman–Crippen LogP) is 2.71. The molecule has 0 aliphatic carbocycles. The molecule has 0 radical (unpaired) electrons. The van der Waals surface area contributed by atoms with E-state index >= 15 is 0 Å². The zero-order chi connectivity index (χ0) is 6.57. The molecule has 0 N–H and O–H groups in total. The molecular weight excluding hydrogens is 171 g/mol. The first-order valence-corrected chi connectivity index (χ1v) is 2.65. The highest BCUT2D eigenvalue weighted by Gasteiger charge is 1.74. The molecule has 62 valence electrons. The van der Waals surface area contributed by atoms with Crippen LogP contribution in [0.2, 0.25) is 0 Å². The van der Waals surface area contributed by atoms with E-state index < -0.39 is 0 Å². The Kier molecular flexibility index (Phi) is 14.7. The van der Waals surface area contributed by atoms with Gasteiger partial charge in [0.15, 0.2) is 0 Å². The second kappa shape index (κ2) is 8.92. The Labute approximate surface area is 74.6 Å². The number of rotatable bonds is 1. The van der Waals surface area contributed by atoms with Crippen LogP contribution in [0.4, 0.5) is 0 Å². The van der Waals surface area contributed by atoms with Crippen LogP contribution in [0.25, 0.3) is 0 Å². The maximum atomic E-state index is 3.83. The average Bonchev–Trinajstić information content (AvgIpc) is 1.61. The fourth-order valence-corrected chi connectivity index (χ4v) is 0.200. The van der Waals surface area contributed by atoms with Crippen LogP contribution in [0.3, 0.4) is 0 Å². The average molecular weight is 185 g/mol. The summed E-state index contributed by atoms with van der Waals surface area (Å²) in [7, 11) is 0. The third-order valence-electron chi connectivity index (χ3n) is 0.450. The number of halogens is 2. The summed E-state index contributed by atoms with van der Waals surface area (Å²) in [4.78, 5) is 0. The van der Waals surface area contributed by atoms with Gasteiger partial charge in [-0.15, -0.1) is 24.8 Å². The smallest absolute Gasteiger partial charge is 0.0344 e. The van der Waals surface area contributed by atoms with Crippen LogP contribution in [0.1, 0.15) is 27.7 Å². The van der Waals surface area contributed by atoms with Crippen molar-refractivity contribution in [1.82, 2.24) is 0 Å². The van der Waals surface area contributed by atoms with Crippen LogP contribution in [-0.4, -0.2) is 11.4 Å². The molecule has 0 rings (SSSR count). The molecule has 0 spiro atoms. The molecule has 0 atom stereocenters. The molecule has 0 aromatic heterocycles. The van der Waals surface area contributed by atoms with E-state index in [0.717, 1.165) is 11.4 Å². The molecule has 0 amide bonds. The van der Waals surface area contributed by atoms with E-state index in [1.54, 1.807) is 0 Å². The second-order valence-corrected chi connectivity index (χ2v) is 2.09. The minimum Gasteiger partial charge on any atom is -0.161 e. The molecular formula is C6H14Cl2N2. The molecule has 0 heterocycles. The maximum absolute atomic E-state index is 3.83. The summed E-state index contributed by atoms with van der Waals surface area (Å²) >= 11 is 0. The van der Waals surface area contributed by atoms with E-state index in [9.17, 15) is 0 Å². The lowest BCUT2D eigenvalue weighted by Crippen LogP contribution is -1.81. The third kappa shape index (κ3) is 15.7. The van der Waals surface area contributed by atoms with Gasteiger partial charge < -0.3 is 0 Å². The largest absolute Gasteiger partial charge is 0.161 e. The van der Waals surface area contributed by atoms with Crippen molar-refractivity contribution in [1.29, 1.82) is 0 Å². The summed E-state index contributed by atoms with van der Waals surface area (Å²) in [6.07, 6.45) is 0. The van der Waals surface area contributed by atoms with Crippen molar-refractivity contribution < 1.29 is 0 Å². The van der Waals surface area contributed by atoms with Crippen LogP contribution in [0.15, 0.2) is 10.2 Å². The summed E-state index contributed by atoms with van der Waals surface area (Å²) < 4.78 is 0. The highest BCUT2D eigenvalue weighted by molar-refractivity contribution is 5.85. The van der Waals surface area contributed by atoms with Gasteiger partial charge >= 0.3 is 0 Å². The summed E-state index contributed by atoms with van der Waals surface area (Å²) in [5.41, 5.74) is 1.98. The topological polar surface area (TPSA) is 24.7 Å². The zero-order valence-corrected chi connectivity index (χ0v) is 8.34. The zero-order valence-electron chi connectivity index (χ0n) is 6.71. The lowest BCUT2D eigenvalue weighted by Gasteiger charge is -1.83. The molecule has 4 heteroatoms. The van der Waals surface area contributed by atoms with E-state index in [0.29, 0.717) is 0 Å². The second-order valence-electron chi connectivity index (χ2n) is 2.09. The number of nitrogens with zero attached hydrogens (tertiary/aromatic N) is 2. The monoisotopic (exact) mass is 184 g/mol. The van der Waals surface area contributed by atoms with Gasteiger partial charge in [-0.25, -0.2) is 0 Å². The fourth-order valence-electron chi connectivity index (χ4n) is 0.200. The van der Waals surface area contributed by atoms with E-state index in [1.807, 2.05) is 27.7 Å². The lowest BCUT2D eigenvalue weighted by molar-refractivity contribution is 1.21. The number of hydrogen-bond acceptors (Lipinski definition) is 2. The number of hydrogen-bond donors (Lipinski definition) is 0. The summed E-state index contributed by atoms with van der Waals surface area (Å²) in [6, 6.07) is 0. The van der Waals surface area contributed by atoms with Crippen LogP contribution >= 0.6 is 24.8 Å². The molecule has 0 aromatic carbocycles. The molecule has 0 fully saturated rings. The summed E-state index contributed by atoms with van der Waals surface area (Å²) in [5.74, 6) is 0. The molecule has 0 bridgehead atoms. The summed E-state index contributed by atoms with van der Waals surface area (Å²) in [5, 5.41) is 7.66. The van der Waals surface area contributed by atoms with Gasteiger partial charge in [-0.1, -0.05) is 0 Å². The van der Waals surface area contributed by atoms with Gasteiger partial charge in [0.2, 0.25) is 0 Å². The van der Waals surface area contributed by atoms with Crippen molar-refractivity contribution in [2.24, 2.45) is 10.2 Å². The molecule has 10 heavy (non-hydrogen) atoms. The van der Waals surface area contributed by atoms with Gasteiger partial charge in [-0.2, -0.15) is 10.2 Å². The molecule has 0 aliphatic rings. The van der Waals surface area contributed by atoms with Gasteiger partial charge in [-0.05, 0) is 27.7 Å². The normalized spacial score (nSPS) is 6.40. The van der Waals surface area contributed by atoms with Crippen LogP contribution in [0.5, 0.6) is 0 Å². The highest BCUT2D eigenvalue weighted by Crippen LogP contribution is 1.79. The minimum absolute atomic E-state index is 0. The first-order valence-electron chi connectivity index (χ1n) is 2.65.